The van der Waals surface area contributed by atoms with E-state index in [0.717, 1.165) is 11.1 Å². The summed E-state index contributed by atoms with van der Waals surface area (Å²) >= 11 is 25.3. The zero-order valence-electron chi connectivity index (χ0n) is 8.98. The van der Waals surface area contributed by atoms with E-state index in [-0.39, 0.29) is 0 Å². The fourth-order valence-corrected chi connectivity index (χ4v) is 3.49. The fraction of sp³-hybridized carbons (Fsp3) is 0.0714. The summed E-state index contributed by atoms with van der Waals surface area (Å²) in [5.41, 5.74) is 2.86. The van der Waals surface area contributed by atoms with Gasteiger partial charge >= 0.3 is 0 Å². The molecule has 0 heterocycles. The Balaban J connectivity index is 2.34. The first kappa shape index (κ1) is 12.6. The Labute approximate surface area is 125 Å². The van der Waals surface area contributed by atoms with Gasteiger partial charge in [0.25, 0.3) is 0 Å². The van der Waals surface area contributed by atoms with Gasteiger partial charge in [0.2, 0.25) is 0 Å². The maximum absolute atomic E-state index is 6.49. The van der Waals surface area contributed by atoms with E-state index in [1.807, 2.05) is 24.3 Å². The molecule has 0 saturated carbocycles. The normalized spacial score (nSPS) is 16.0. The second-order valence-corrected chi connectivity index (χ2v) is 6.17. The van der Waals surface area contributed by atoms with Crippen molar-refractivity contribution in [3.05, 3.63) is 75.1 Å². The Morgan fingerprint density at radius 3 is 2.33 bits per heavy atom. The maximum Gasteiger partial charge on any atom is 0.170 e. The summed E-state index contributed by atoms with van der Waals surface area (Å²) in [6, 6.07) is 10.9. The molecule has 0 fully saturated rings. The van der Waals surface area contributed by atoms with Gasteiger partial charge in [0.05, 0.1) is 6.42 Å². The average molecular weight is 316 g/mol. The molecule has 3 rings (SSSR count). The third kappa shape index (κ3) is 1.75. The van der Waals surface area contributed by atoms with E-state index in [4.69, 9.17) is 46.4 Å². The van der Waals surface area contributed by atoms with Crippen LogP contribution in [0.4, 0.5) is 0 Å². The van der Waals surface area contributed by atoms with E-state index in [9.17, 15) is 0 Å². The lowest BCUT2D eigenvalue weighted by atomic mass is 9.85. The molecule has 1 aliphatic carbocycles. The molecule has 0 nitrogen and oxygen atoms in total. The highest BCUT2D eigenvalue weighted by Crippen LogP contribution is 2.52. The Hall–Kier alpha value is -0.400. The van der Waals surface area contributed by atoms with Gasteiger partial charge in [0, 0.05) is 15.6 Å². The minimum atomic E-state index is -1.21. The van der Waals surface area contributed by atoms with E-state index in [0.29, 0.717) is 21.2 Å². The number of halogens is 4. The molecule has 18 heavy (non-hydrogen) atoms. The molecule has 0 N–H and O–H groups in total. The highest BCUT2D eigenvalue weighted by atomic mass is 35.5. The first-order valence-electron chi connectivity index (χ1n) is 5.24. The molecule has 4 heteroatoms. The van der Waals surface area contributed by atoms with Gasteiger partial charge < -0.3 is 0 Å². The number of hydrogen-bond donors (Lipinski definition) is 0. The van der Waals surface area contributed by atoms with Crippen LogP contribution < -0.4 is 0 Å². The van der Waals surface area contributed by atoms with Crippen molar-refractivity contribution >= 4 is 46.4 Å². The van der Waals surface area contributed by atoms with Crippen molar-refractivity contribution in [1.29, 1.82) is 0 Å². The monoisotopic (exact) mass is 314 g/mol. The minimum Gasteiger partial charge on any atom is -0.0908 e. The summed E-state index contributed by atoms with van der Waals surface area (Å²) < 4.78 is -1.21. The SMILES string of the molecule is Clc1cccc2c1[C]c1cccc(Cl)c1C2(Cl)Cl. The summed E-state index contributed by atoms with van der Waals surface area (Å²) in [4.78, 5) is 0. The number of fused-ring (bicyclic) bond motifs is 2. The molecule has 2 aromatic rings. The Kier molecular flexibility index (Phi) is 3.03. The molecule has 0 aliphatic heterocycles. The lowest BCUT2D eigenvalue weighted by molar-refractivity contribution is 0.978. The first-order chi connectivity index (χ1) is 8.51. The van der Waals surface area contributed by atoms with E-state index >= 15 is 0 Å². The van der Waals surface area contributed by atoms with Crippen LogP contribution in [0.1, 0.15) is 22.3 Å². The number of hydrogen-bond acceptors (Lipinski definition) is 0. The summed E-state index contributed by atoms with van der Waals surface area (Å²) in [6.45, 7) is 0. The largest absolute Gasteiger partial charge is 0.170 e. The van der Waals surface area contributed by atoms with Crippen molar-refractivity contribution in [3.8, 4) is 0 Å². The predicted molar refractivity (Wildman–Crippen MR) is 76.8 cm³/mol. The lowest BCUT2D eigenvalue weighted by Gasteiger charge is -2.31. The van der Waals surface area contributed by atoms with Crippen molar-refractivity contribution in [1.82, 2.24) is 0 Å². The number of alkyl halides is 2. The Morgan fingerprint density at radius 2 is 1.56 bits per heavy atom. The molecule has 0 bridgehead atoms. The van der Waals surface area contributed by atoms with Gasteiger partial charge in [0.15, 0.2) is 4.33 Å². The van der Waals surface area contributed by atoms with Gasteiger partial charge in [-0.25, -0.2) is 0 Å². The van der Waals surface area contributed by atoms with Crippen LogP contribution in [0.15, 0.2) is 36.4 Å². The summed E-state index contributed by atoms with van der Waals surface area (Å²) in [5.74, 6) is 0. The zero-order chi connectivity index (χ0) is 12.9. The quantitative estimate of drug-likeness (QED) is 0.566. The summed E-state index contributed by atoms with van der Waals surface area (Å²) in [6.07, 6.45) is 3.22. The smallest absolute Gasteiger partial charge is 0.0908 e. The molecular weight excluding hydrogens is 310 g/mol. The van der Waals surface area contributed by atoms with E-state index in [2.05, 4.69) is 6.42 Å². The molecule has 1 aliphatic rings. The van der Waals surface area contributed by atoms with Gasteiger partial charge in [-0.15, -0.1) is 0 Å². The lowest BCUT2D eigenvalue weighted by Crippen LogP contribution is -2.22. The topological polar surface area (TPSA) is 0 Å². The first-order valence-corrected chi connectivity index (χ1v) is 6.76. The van der Waals surface area contributed by atoms with Crippen LogP contribution in [-0.2, 0) is 4.33 Å². The molecular formula is C14H6Cl4. The zero-order valence-corrected chi connectivity index (χ0v) is 12.0. The molecule has 0 spiro atoms. The molecule has 0 saturated heterocycles. The molecule has 0 unspecified atom stereocenters. The molecule has 2 aromatic carbocycles. The summed E-state index contributed by atoms with van der Waals surface area (Å²) in [5, 5.41) is 1.10. The third-order valence-corrected chi connectivity index (χ3v) is 4.35. The van der Waals surface area contributed by atoms with Gasteiger partial charge in [-0.2, -0.15) is 0 Å². The van der Waals surface area contributed by atoms with Crippen molar-refractivity contribution in [3.63, 3.8) is 0 Å². The second kappa shape index (κ2) is 4.31. The Morgan fingerprint density at radius 1 is 0.889 bits per heavy atom. The molecule has 0 amide bonds. The van der Waals surface area contributed by atoms with Crippen LogP contribution in [0, 0.1) is 6.42 Å². The second-order valence-electron chi connectivity index (χ2n) is 4.02. The minimum absolute atomic E-state index is 0.524. The summed E-state index contributed by atoms with van der Waals surface area (Å²) in [7, 11) is 0. The number of benzene rings is 2. The molecule has 2 radical (unpaired) electrons. The maximum atomic E-state index is 6.49. The third-order valence-electron chi connectivity index (χ3n) is 2.94. The molecule has 0 atom stereocenters. The predicted octanol–water partition coefficient (Wildman–Crippen LogP) is 5.46. The highest BCUT2D eigenvalue weighted by molar-refractivity contribution is 6.51. The van der Waals surface area contributed by atoms with Crippen LogP contribution in [0.25, 0.3) is 0 Å². The molecule has 90 valence electrons. The fourth-order valence-electron chi connectivity index (χ4n) is 2.13. The van der Waals surface area contributed by atoms with Crippen molar-refractivity contribution in [2.45, 2.75) is 4.33 Å². The van der Waals surface area contributed by atoms with Crippen LogP contribution in [0.3, 0.4) is 0 Å². The van der Waals surface area contributed by atoms with Gasteiger partial charge in [-0.3, -0.25) is 0 Å². The van der Waals surface area contributed by atoms with Crippen LogP contribution >= 0.6 is 46.4 Å². The van der Waals surface area contributed by atoms with Gasteiger partial charge in [0.1, 0.15) is 0 Å². The van der Waals surface area contributed by atoms with Crippen LogP contribution in [0.2, 0.25) is 10.0 Å². The van der Waals surface area contributed by atoms with E-state index in [1.165, 1.54) is 0 Å². The van der Waals surface area contributed by atoms with Crippen molar-refractivity contribution in [2.75, 3.05) is 0 Å². The van der Waals surface area contributed by atoms with E-state index < -0.39 is 4.33 Å². The van der Waals surface area contributed by atoms with Crippen molar-refractivity contribution < 1.29 is 0 Å². The van der Waals surface area contributed by atoms with Gasteiger partial charge in [-0.05, 0) is 28.8 Å². The van der Waals surface area contributed by atoms with Crippen LogP contribution in [0.5, 0.6) is 0 Å². The molecule has 0 aromatic heterocycles. The van der Waals surface area contributed by atoms with E-state index in [1.54, 1.807) is 12.1 Å². The average Bonchev–Trinajstić information content (AvgIpc) is 2.30. The Bertz CT molecular complexity index is 632. The van der Waals surface area contributed by atoms with Crippen LogP contribution in [-0.4, -0.2) is 0 Å². The van der Waals surface area contributed by atoms with Gasteiger partial charge in [-0.1, -0.05) is 70.7 Å². The highest BCUT2D eigenvalue weighted by Gasteiger charge is 2.39. The number of rotatable bonds is 0. The standard InChI is InChI=1S/C14H6Cl4/c15-11-5-2-4-10-9(11)7-8-3-1-6-12(16)13(8)14(10,17)18/h1-6H. The van der Waals surface area contributed by atoms with Crippen molar-refractivity contribution in [2.24, 2.45) is 0 Å².